The van der Waals surface area contributed by atoms with Gasteiger partial charge >= 0.3 is 12.3 Å². The highest BCUT2D eigenvalue weighted by Gasteiger charge is 2.30. The second-order valence-corrected chi connectivity index (χ2v) is 13.0. The summed E-state index contributed by atoms with van der Waals surface area (Å²) in [5.41, 5.74) is 3.05. The van der Waals surface area contributed by atoms with Crippen molar-refractivity contribution in [2.24, 2.45) is 5.41 Å². The Balaban J connectivity index is 1.51. The number of H-pyrrole nitrogens is 1. The molecule has 0 radical (unpaired) electrons. The first-order valence-electron chi connectivity index (χ1n) is 12.5. The number of rotatable bonds is 8. The molecule has 0 bridgehead atoms. The zero-order valence-electron chi connectivity index (χ0n) is 22.7. The standard InChI is InChI=1S/C28H30F3N5O2S2/c1-16-12-20(13-17(2)25(16)18-6-8-19(9-7-18)28(29,30)31)39-22(14-27(3,4)5)21-10-11-24(40-21)38-26(37)32-15-23-33-35-36-34-23/h6-13,22H,14-15H2,1-5H3,(H,32,37)(H,33,34,35,36). The summed E-state index contributed by atoms with van der Waals surface area (Å²) in [4.78, 5) is 14.4. The van der Waals surface area contributed by atoms with E-state index in [1.807, 2.05) is 19.9 Å². The maximum atomic E-state index is 13.0. The van der Waals surface area contributed by atoms with E-state index < -0.39 is 17.8 Å². The number of halogens is 3. The quantitative estimate of drug-likeness (QED) is 0.202. The highest BCUT2D eigenvalue weighted by atomic mass is 32.2. The van der Waals surface area contributed by atoms with Crippen molar-refractivity contribution in [3.63, 3.8) is 0 Å². The van der Waals surface area contributed by atoms with Crippen LogP contribution in [0.3, 0.4) is 0 Å². The number of hydrogen-bond donors (Lipinski definition) is 2. The number of aryl methyl sites for hydroxylation is 2. The van der Waals surface area contributed by atoms with Crippen molar-refractivity contribution in [2.45, 2.75) is 63.9 Å². The van der Waals surface area contributed by atoms with Gasteiger partial charge in [-0.2, -0.15) is 18.4 Å². The maximum Gasteiger partial charge on any atom is 0.416 e. The molecular formula is C28H30F3N5O2S2. The van der Waals surface area contributed by atoms with E-state index in [-0.39, 0.29) is 17.2 Å². The van der Waals surface area contributed by atoms with Gasteiger partial charge in [0.15, 0.2) is 10.9 Å². The topological polar surface area (TPSA) is 92.8 Å². The summed E-state index contributed by atoms with van der Waals surface area (Å²) in [5, 5.41) is 16.5. The third-order valence-electron chi connectivity index (χ3n) is 5.98. The number of benzene rings is 2. The Labute approximate surface area is 238 Å². The Kier molecular flexibility index (Phi) is 8.89. The molecule has 0 saturated heterocycles. The molecule has 7 nitrogen and oxygen atoms in total. The third kappa shape index (κ3) is 7.85. The second kappa shape index (κ2) is 12.0. The van der Waals surface area contributed by atoms with Crippen LogP contribution in [0.15, 0.2) is 53.4 Å². The van der Waals surface area contributed by atoms with Gasteiger partial charge in [-0.3, -0.25) is 0 Å². The Morgan fingerprint density at radius 2 is 1.75 bits per heavy atom. The first-order valence-corrected chi connectivity index (χ1v) is 14.2. The van der Waals surface area contributed by atoms with Gasteiger partial charge in [-0.25, -0.2) is 4.79 Å². The predicted molar refractivity (Wildman–Crippen MR) is 150 cm³/mol. The number of carbonyl (C=O) groups excluding carboxylic acids is 1. The van der Waals surface area contributed by atoms with Crippen LogP contribution in [-0.2, 0) is 12.7 Å². The van der Waals surface area contributed by atoms with Crippen LogP contribution in [0, 0.1) is 19.3 Å². The first-order chi connectivity index (χ1) is 18.8. The van der Waals surface area contributed by atoms with Gasteiger partial charge in [0, 0.05) is 15.0 Å². The van der Waals surface area contributed by atoms with Crippen LogP contribution in [0.25, 0.3) is 11.1 Å². The lowest BCUT2D eigenvalue weighted by molar-refractivity contribution is -0.137. The first kappa shape index (κ1) is 29.6. The van der Waals surface area contributed by atoms with E-state index >= 15 is 0 Å². The number of nitrogens with one attached hydrogen (secondary N) is 2. The highest BCUT2D eigenvalue weighted by molar-refractivity contribution is 7.99. The molecule has 2 N–H and O–H groups in total. The molecule has 0 aliphatic rings. The summed E-state index contributed by atoms with van der Waals surface area (Å²) in [6, 6.07) is 13.2. The van der Waals surface area contributed by atoms with Crippen molar-refractivity contribution in [2.75, 3.05) is 0 Å². The number of aromatic nitrogens is 4. The van der Waals surface area contributed by atoms with E-state index in [9.17, 15) is 18.0 Å². The van der Waals surface area contributed by atoms with Crippen molar-refractivity contribution in [3.05, 3.63) is 75.9 Å². The molecule has 0 saturated carbocycles. The molecule has 0 aliphatic carbocycles. The molecular weight excluding hydrogens is 559 g/mol. The predicted octanol–water partition coefficient (Wildman–Crippen LogP) is 8.12. The lowest BCUT2D eigenvalue weighted by atomic mass is 9.90. The Morgan fingerprint density at radius 1 is 1.07 bits per heavy atom. The van der Waals surface area contributed by atoms with Gasteiger partial charge < -0.3 is 10.1 Å². The zero-order valence-corrected chi connectivity index (χ0v) is 24.4. The number of tetrazole rings is 1. The van der Waals surface area contributed by atoms with Crippen molar-refractivity contribution in [1.82, 2.24) is 25.9 Å². The molecule has 2 aromatic heterocycles. The molecule has 0 aliphatic heterocycles. The van der Waals surface area contributed by atoms with Crippen LogP contribution in [0.2, 0.25) is 0 Å². The summed E-state index contributed by atoms with van der Waals surface area (Å²) in [6.07, 6.45) is -4.10. The number of carbonyl (C=O) groups is 1. The normalized spacial score (nSPS) is 12.8. The van der Waals surface area contributed by atoms with E-state index in [1.54, 1.807) is 17.8 Å². The summed E-state index contributed by atoms with van der Waals surface area (Å²) < 4.78 is 44.5. The molecule has 1 unspecified atom stereocenters. The Hall–Kier alpha value is -3.38. The summed E-state index contributed by atoms with van der Waals surface area (Å²) in [5.74, 6) is 0.348. The van der Waals surface area contributed by atoms with Gasteiger partial charge in [0.2, 0.25) is 0 Å². The fourth-order valence-electron chi connectivity index (χ4n) is 4.29. The molecule has 2 heterocycles. The number of nitrogens with zero attached hydrogens (tertiary/aromatic N) is 3. The average Bonchev–Trinajstić information content (AvgIpc) is 3.53. The average molecular weight is 590 g/mol. The van der Waals surface area contributed by atoms with Crippen molar-refractivity contribution in [3.8, 4) is 16.2 Å². The lowest BCUT2D eigenvalue weighted by Gasteiger charge is -2.25. The maximum absolute atomic E-state index is 13.0. The van der Waals surface area contributed by atoms with Crippen LogP contribution in [-0.4, -0.2) is 26.7 Å². The number of amides is 1. The van der Waals surface area contributed by atoms with Gasteiger partial charge in [-0.1, -0.05) is 38.1 Å². The second-order valence-electron chi connectivity index (χ2n) is 10.6. The molecule has 4 aromatic rings. The smallest absolute Gasteiger partial charge is 0.399 e. The number of thiophene rings is 1. The fourth-order valence-corrected chi connectivity index (χ4v) is 7.01. The minimum atomic E-state index is -4.36. The number of thioether (sulfide) groups is 1. The van der Waals surface area contributed by atoms with Gasteiger partial charge in [0.1, 0.15) is 0 Å². The fraction of sp³-hybridized carbons (Fsp3) is 0.357. The molecule has 40 heavy (non-hydrogen) atoms. The number of ether oxygens (including phenoxy) is 1. The molecule has 4 rings (SSSR count). The van der Waals surface area contributed by atoms with Crippen molar-refractivity contribution >= 4 is 29.2 Å². The monoisotopic (exact) mass is 589 g/mol. The van der Waals surface area contributed by atoms with E-state index in [0.717, 1.165) is 50.6 Å². The molecule has 1 atom stereocenters. The molecule has 212 valence electrons. The SMILES string of the molecule is Cc1cc(SC(CC(C)(C)C)c2ccc(OC(=O)NCc3nn[nH]n3)s2)cc(C)c1-c1ccc(C(F)(F)F)cc1. The molecule has 0 spiro atoms. The van der Waals surface area contributed by atoms with Crippen LogP contribution in [0.5, 0.6) is 5.06 Å². The lowest BCUT2D eigenvalue weighted by Crippen LogP contribution is -2.26. The number of aromatic amines is 1. The number of hydrogen-bond acceptors (Lipinski definition) is 7. The van der Waals surface area contributed by atoms with E-state index in [4.69, 9.17) is 4.74 Å². The Bertz CT molecular complexity index is 1420. The van der Waals surface area contributed by atoms with Gasteiger partial charge in [0.05, 0.1) is 12.1 Å². The van der Waals surface area contributed by atoms with Crippen LogP contribution < -0.4 is 10.1 Å². The largest absolute Gasteiger partial charge is 0.416 e. The van der Waals surface area contributed by atoms with Crippen molar-refractivity contribution < 1.29 is 22.7 Å². The van der Waals surface area contributed by atoms with E-state index in [0.29, 0.717) is 10.9 Å². The van der Waals surface area contributed by atoms with E-state index in [1.165, 1.54) is 23.5 Å². The molecule has 1 amide bonds. The molecule has 2 aromatic carbocycles. The van der Waals surface area contributed by atoms with Gasteiger partial charge in [0.25, 0.3) is 0 Å². The minimum absolute atomic E-state index is 0.0366. The zero-order chi connectivity index (χ0) is 29.1. The highest BCUT2D eigenvalue weighted by Crippen LogP contribution is 2.47. The van der Waals surface area contributed by atoms with E-state index in [2.05, 4.69) is 58.8 Å². The van der Waals surface area contributed by atoms with Gasteiger partial charge in [-0.05, 0) is 84.3 Å². The molecule has 0 fully saturated rings. The minimum Gasteiger partial charge on any atom is -0.399 e. The summed E-state index contributed by atoms with van der Waals surface area (Å²) >= 11 is 3.14. The summed E-state index contributed by atoms with van der Waals surface area (Å²) in [6.45, 7) is 10.6. The number of alkyl halides is 3. The summed E-state index contributed by atoms with van der Waals surface area (Å²) in [7, 11) is 0. The molecule has 12 heteroatoms. The van der Waals surface area contributed by atoms with Crippen LogP contribution in [0.1, 0.15) is 59.8 Å². The van der Waals surface area contributed by atoms with Crippen LogP contribution in [0.4, 0.5) is 18.0 Å². The Morgan fingerprint density at radius 3 is 2.33 bits per heavy atom. The third-order valence-corrected chi connectivity index (χ3v) is 8.42. The van der Waals surface area contributed by atoms with Crippen molar-refractivity contribution in [1.29, 1.82) is 0 Å². The van der Waals surface area contributed by atoms with Crippen LogP contribution >= 0.6 is 23.1 Å². The van der Waals surface area contributed by atoms with Gasteiger partial charge in [-0.15, -0.1) is 33.3 Å².